The average molecular weight is 1120 g/mol. The monoisotopic (exact) mass is 1120 g/mol. The summed E-state index contributed by atoms with van der Waals surface area (Å²) in [5.74, 6) is 0.528. The lowest BCUT2D eigenvalue weighted by molar-refractivity contribution is -0.144. The lowest BCUT2D eigenvalue weighted by atomic mass is 9.85. The van der Waals surface area contributed by atoms with Gasteiger partial charge in [0.2, 0.25) is 11.8 Å². The Labute approximate surface area is 474 Å². The van der Waals surface area contributed by atoms with Crippen LogP contribution >= 0.6 is 23.2 Å². The molecule has 1 aliphatic carbocycles. The first-order valence-corrected chi connectivity index (χ1v) is 28.8. The number of carbonyl (C=O) groups excluding carboxylic acids is 2. The number of pyridine rings is 1. The molecule has 19 heteroatoms. The third-order valence-electron chi connectivity index (χ3n) is 16.4. The number of anilines is 1. The summed E-state index contributed by atoms with van der Waals surface area (Å²) in [6.07, 6.45) is 15.4. The average Bonchev–Trinajstić information content (AvgIpc) is 3.79. The van der Waals surface area contributed by atoms with E-state index in [1.54, 1.807) is 22.3 Å². The number of amides is 2. The van der Waals surface area contributed by atoms with E-state index < -0.39 is 18.1 Å². The van der Waals surface area contributed by atoms with Crippen LogP contribution < -0.4 is 20.7 Å². The Balaban J connectivity index is 0.797. The van der Waals surface area contributed by atoms with Crippen molar-refractivity contribution in [3.8, 4) is 28.3 Å². The maximum absolute atomic E-state index is 14.6. The van der Waals surface area contributed by atoms with E-state index in [1.165, 1.54) is 5.56 Å². The van der Waals surface area contributed by atoms with E-state index in [2.05, 4.69) is 67.0 Å². The number of H-pyrrole nitrogens is 1. The van der Waals surface area contributed by atoms with Gasteiger partial charge in [0.05, 0.1) is 59.7 Å². The molecular formula is C61H66Cl2N12O5. The van der Waals surface area contributed by atoms with E-state index in [9.17, 15) is 14.7 Å². The van der Waals surface area contributed by atoms with Gasteiger partial charge in [-0.1, -0.05) is 103 Å². The van der Waals surface area contributed by atoms with Crippen LogP contribution in [0.3, 0.4) is 0 Å². The topological polar surface area (TPSA) is 213 Å². The lowest BCUT2D eigenvalue weighted by Crippen LogP contribution is -2.54. The molecule has 2 saturated heterocycles. The van der Waals surface area contributed by atoms with E-state index in [-0.39, 0.29) is 42.5 Å². The molecule has 5 atom stereocenters. The first kappa shape index (κ1) is 53.6. The van der Waals surface area contributed by atoms with Crippen molar-refractivity contribution in [1.82, 2.24) is 40.4 Å². The zero-order valence-corrected chi connectivity index (χ0v) is 46.5. The highest BCUT2D eigenvalue weighted by Crippen LogP contribution is 2.52. The number of fused-ring (bicyclic) bond motifs is 2. The summed E-state index contributed by atoms with van der Waals surface area (Å²) in [4.78, 5) is 47.2. The normalized spacial score (nSPS) is 20.3. The first-order valence-electron chi connectivity index (χ1n) is 28.1. The van der Waals surface area contributed by atoms with E-state index in [0.717, 1.165) is 97.8 Å². The van der Waals surface area contributed by atoms with E-state index >= 15 is 0 Å². The molecule has 1 saturated carbocycles. The van der Waals surface area contributed by atoms with E-state index in [0.29, 0.717) is 87.0 Å². The van der Waals surface area contributed by atoms with Crippen LogP contribution in [-0.2, 0) is 27.2 Å². The van der Waals surface area contributed by atoms with Gasteiger partial charge in [0.15, 0.2) is 0 Å². The van der Waals surface area contributed by atoms with Crippen LogP contribution in [0, 0.1) is 5.92 Å². The SMILES string of the molecule is CC(C)C(C(=O)N1CCCC1C(=O)NC(CO)c1ccc(-c2ccncc2)cc1)N1CC(c2ccc(CCc3c(-c4c(Cl)c(Cl)cc5[nH]ncc45)c(C4CC4)cc4c(N5CC=CC(N)C5)nc(OC5CCOCC5)nc34)cc2)N=N1. The van der Waals surface area contributed by atoms with Gasteiger partial charge in [0.1, 0.15) is 30.0 Å². The van der Waals surface area contributed by atoms with Crippen molar-refractivity contribution in [2.24, 2.45) is 22.0 Å². The van der Waals surface area contributed by atoms with Gasteiger partial charge in [-0.05, 0) is 119 Å². The van der Waals surface area contributed by atoms with Crippen LogP contribution in [0.5, 0.6) is 6.01 Å². The van der Waals surface area contributed by atoms with Crippen molar-refractivity contribution in [3.63, 3.8) is 0 Å². The molecule has 3 aromatic heterocycles. The molecule has 4 aliphatic heterocycles. The predicted octanol–water partition coefficient (Wildman–Crippen LogP) is 10.1. The summed E-state index contributed by atoms with van der Waals surface area (Å²) >= 11 is 14.3. The zero-order valence-electron chi connectivity index (χ0n) is 45.0. The Morgan fingerprint density at radius 2 is 1.69 bits per heavy atom. The number of benzene rings is 4. The van der Waals surface area contributed by atoms with Crippen molar-refractivity contribution in [2.45, 2.75) is 107 Å². The highest BCUT2D eigenvalue weighted by atomic mass is 35.5. The second-order valence-corrected chi connectivity index (χ2v) is 23.0. The Kier molecular flexibility index (Phi) is 15.6. The van der Waals surface area contributed by atoms with Gasteiger partial charge in [0.25, 0.3) is 0 Å². The van der Waals surface area contributed by atoms with Gasteiger partial charge in [-0.25, -0.2) is 0 Å². The molecule has 7 heterocycles. The highest BCUT2D eigenvalue weighted by Gasteiger charge is 2.43. The number of aromatic nitrogens is 5. The maximum atomic E-state index is 14.6. The molecule has 5 N–H and O–H groups in total. The molecule has 12 rings (SSSR count). The number of halogens is 2. The number of aliphatic hydroxyl groups excluding tert-OH is 1. The van der Waals surface area contributed by atoms with Crippen LogP contribution in [0.4, 0.5) is 5.82 Å². The number of carbonyl (C=O) groups is 2. The van der Waals surface area contributed by atoms with Crippen molar-refractivity contribution in [3.05, 3.63) is 141 Å². The molecule has 7 aromatic rings. The Bertz CT molecular complexity index is 3460. The predicted molar refractivity (Wildman–Crippen MR) is 310 cm³/mol. The number of rotatable bonds is 17. The summed E-state index contributed by atoms with van der Waals surface area (Å²) in [6, 6.07) is 22.2. The number of aromatic amines is 1. The van der Waals surface area contributed by atoms with Crippen LogP contribution in [0.15, 0.2) is 114 Å². The maximum Gasteiger partial charge on any atom is 0.319 e. The van der Waals surface area contributed by atoms with Crippen LogP contribution in [0.2, 0.25) is 10.0 Å². The second-order valence-electron chi connectivity index (χ2n) is 22.2. The quantitative estimate of drug-likeness (QED) is 0.0628. The summed E-state index contributed by atoms with van der Waals surface area (Å²) in [6.45, 7) is 7.06. The number of aryl methyl sites for hydroxylation is 2. The van der Waals surface area contributed by atoms with Gasteiger partial charge in [-0.3, -0.25) is 24.7 Å². The minimum atomic E-state index is -0.677. The molecule has 0 spiro atoms. The van der Waals surface area contributed by atoms with Crippen LogP contribution in [0.25, 0.3) is 44.1 Å². The second kappa shape index (κ2) is 23.2. The van der Waals surface area contributed by atoms with Gasteiger partial charge < -0.3 is 35.4 Å². The summed E-state index contributed by atoms with van der Waals surface area (Å²) < 4.78 is 12.4. The third-order valence-corrected chi connectivity index (χ3v) is 17.2. The van der Waals surface area contributed by atoms with Gasteiger partial charge in [-0.2, -0.15) is 20.2 Å². The fourth-order valence-electron chi connectivity index (χ4n) is 12.1. The number of hydrogen-bond acceptors (Lipinski definition) is 14. The smallest absolute Gasteiger partial charge is 0.319 e. The summed E-state index contributed by atoms with van der Waals surface area (Å²) in [5.41, 5.74) is 17.1. The molecule has 3 fully saturated rings. The van der Waals surface area contributed by atoms with E-state index in [1.807, 2.05) is 68.6 Å². The number of aliphatic hydroxyl groups is 1. The number of nitrogens with two attached hydrogens (primary N) is 1. The molecule has 414 valence electrons. The minimum Gasteiger partial charge on any atom is -0.460 e. The number of nitrogens with one attached hydrogen (secondary N) is 2. The number of likely N-dealkylation sites (tertiary alicyclic amines) is 1. The zero-order chi connectivity index (χ0) is 55.0. The fraction of sp³-hybridized carbons (Fsp3) is 0.410. The third kappa shape index (κ3) is 11.0. The first-order chi connectivity index (χ1) is 39.0. The largest absolute Gasteiger partial charge is 0.460 e. The van der Waals surface area contributed by atoms with Crippen molar-refractivity contribution in [2.75, 3.05) is 50.9 Å². The molecule has 17 nitrogen and oxygen atoms in total. The molecule has 0 bridgehead atoms. The molecule has 5 unspecified atom stereocenters. The summed E-state index contributed by atoms with van der Waals surface area (Å²) in [5, 5.41) is 34.9. The van der Waals surface area contributed by atoms with Gasteiger partial charge in [-0.15, -0.1) is 0 Å². The van der Waals surface area contributed by atoms with Crippen molar-refractivity contribution in [1.29, 1.82) is 0 Å². The van der Waals surface area contributed by atoms with Crippen molar-refractivity contribution < 1.29 is 24.2 Å². The molecule has 0 radical (unpaired) electrons. The Morgan fingerprint density at radius 3 is 2.42 bits per heavy atom. The minimum absolute atomic E-state index is 0.0855. The van der Waals surface area contributed by atoms with Gasteiger partial charge >= 0.3 is 6.01 Å². The molecule has 4 aromatic carbocycles. The van der Waals surface area contributed by atoms with Gasteiger partial charge in [0, 0.05) is 67.2 Å². The van der Waals surface area contributed by atoms with E-state index in [4.69, 9.17) is 53.5 Å². The highest BCUT2D eigenvalue weighted by molar-refractivity contribution is 6.45. The lowest BCUT2D eigenvalue weighted by Gasteiger charge is -2.34. The standard InChI is InChI=1S/C61H66Cl2N12O5/c1-35(2)57(60(78)74-26-4-6-52(74)59(77)67-51(34-76)41-16-12-37(13-17-41)38-19-23-65-24-20-38)75-33-50(71-72-75)40-10-7-36(8-11-40)9-18-44-53(54-47-31-66-70-49(47)30-48(62)55(54)63)45(39-14-15-39)29-46-56(44)68-61(80-43-21-27-79-28-22-43)69-58(46)73-25-3-5-42(64)32-73/h3,5,7-8,10-13,16-17,19-20,23-24,29-31,35,39,42-43,50-52,57,76H,4,6,9,14-15,18,21-22,25-28,32-34,64H2,1-2H3,(H,66,70)(H,67,77). The summed E-state index contributed by atoms with van der Waals surface area (Å²) in [7, 11) is 0. The number of nitrogens with zero attached hydrogens (tertiary/aromatic N) is 9. The van der Waals surface area contributed by atoms with Crippen LogP contribution in [-0.4, -0.2) is 122 Å². The van der Waals surface area contributed by atoms with Crippen molar-refractivity contribution >= 4 is 62.6 Å². The number of hydrogen-bond donors (Lipinski definition) is 4. The molecule has 5 aliphatic rings. The Hall–Kier alpha value is -7.02. The molecule has 2 amide bonds. The molecular weight excluding hydrogens is 1050 g/mol. The van der Waals surface area contributed by atoms with Crippen LogP contribution in [0.1, 0.15) is 98.2 Å². The Morgan fingerprint density at radius 1 is 0.912 bits per heavy atom. The number of ether oxygens (including phenoxy) is 2. The fourth-order valence-corrected chi connectivity index (χ4v) is 12.6. The molecule has 80 heavy (non-hydrogen) atoms.